The molecule has 2 heterocycles. The average molecular weight is 331 g/mol. The van der Waals surface area contributed by atoms with Crippen molar-refractivity contribution in [1.82, 2.24) is 15.2 Å². The molecule has 0 spiro atoms. The van der Waals surface area contributed by atoms with Gasteiger partial charge in [-0.1, -0.05) is 41.5 Å². The number of nitrogens with zero attached hydrogens (tertiary/aromatic N) is 2. The van der Waals surface area contributed by atoms with Crippen LogP contribution in [0.15, 0.2) is 54.9 Å². The van der Waals surface area contributed by atoms with Crippen LogP contribution in [0.3, 0.4) is 0 Å². The molecule has 1 fully saturated rings. The summed E-state index contributed by atoms with van der Waals surface area (Å²) in [7, 11) is 0. The Morgan fingerprint density at radius 3 is 2.40 bits per heavy atom. The van der Waals surface area contributed by atoms with Gasteiger partial charge in [0.1, 0.15) is 0 Å². The van der Waals surface area contributed by atoms with Crippen LogP contribution in [0.5, 0.6) is 0 Å². The first-order valence-corrected chi connectivity index (χ1v) is 9.07. The van der Waals surface area contributed by atoms with Crippen LogP contribution in [0.4, 0.5) is 0 Å². The summed E-state index contributed by atoms with van der Waals surface area (Å²) in [5, 5.41) is 5.94. The van der Waals surface area contributed by atoms with Gasteiger partial charge < -0.3 is 5.32 Å². The molecule has 1 saturated heterocycles. The van der Waals surface area contributed by atoms with E-state index < -0.39 is 0 Å². The lowest BCUT2D eigenvalue weighted by atomic mass is 9.92. The molecule has 2 aromatic carbocycles. The maximum atomic E-state index is 4.24. The Morgan fingerprint density at radius 2 is 1.64 bits per heavy atom. The molecule has 128 valence electrons. The molecule has 0 bridgehead atoms. The van der Waals surface area contributed by atoms with E-state index >= 15 is 0 Å². The van der Waals surface area contributed by atoms with Crippen molar-refractivity contribution in [1.29, 1.82) is 0 Å². The molecule has 1 atom stereocenters. The lowest BCUT2D eigenvalue weighted by molar-refractivity contribution is 0.198. The lowest BCUT2D eigenvalue weighted by Gasteiger charge is -2.36. The van der Waals surface area contributed by atoms with Crippen LogP contribution in [0.2, 0.25) is 0 Å². The van der Waals surface area contributed by atoms with Crippen molar-refractivity contribution >= 4 is 10.8 Å². The largest absolute Gasteiger partial charge is 0.314 e. The van der Waals surface area contributed by atoms with E-state index in [0.29, 0.717) is 6.04 Å². The number of piperazine rings is 1. The predicted octanol–water partition coefficient (Wildman–Crippen LogP) is 3.85. The summed E-state index contributed by atoms with van der Waals surface area (Å²) in [4.78, 5) is 6.84. The van der Waals surface area contributed by atoms with Crippen molar-refractivity contribution < 1.29 is 0 Å². The fourth-order valence-corrected chi connectivity index (χ4v) is 3.99. The zero-order valence-electron chi connectivity index (χ0n) is 15.0. The number of aryl methyl sites for hydroxylation is 2. The second-order valence-corrected chi connectivity index (χ2v) is 7.09. The van der Waals surface area contributed by atoms with Crippen LogP contribution >= 0.6 is 0 Å². The number of benzene rings is 2. The fourth-order valence-electron chi connectivity index (χ4n) is 3.99. The zero-order chi connectivity index (χ0) is 17.2. The molecule has 1 unspecified atom stereocenters. The molecule has 3 aromatic rings. The minimum absolute atomic E-state index is 0.304. The molecule has 0 amide bonds. The van der Waals surface area contributed by atoms with Crippen molar-refractivity contribution in [2.24, 2.45) is 0 Å². The van der Waals surface area contributed by atoms with Gasteiger partial charge in [-0.3, -0.25) is 9.88 Å². The maximum Gasteiger partial charge on any atom is 0.0603 e. The highest BCUT2D eigenvalue weighted by Crippen LogP contribution is 2.32. The van der Waals surface area contributed by atoms with Crippen LogP contribution in [-0.4, -0.2) is 36.1 Å². The molecular formula is C22H25N3. The molecule has 0 saturated carbocycles. The molecule has 4 rings (SSSR count). The minimum Gasteiger partial charge on any atom is -0.314 e. The van der Waals surface area contributed by atoms with Gasteiger partial charge >= 0.3 is 0 Å². The Labute approximate surface area is 149 Å². The van der Waals surface area contributed by atoms with E-state index in [0.717, 1.165) is 26.2 Å². The molecule has 25 heavy (non-hydrogen) atoms. The van der Waals surface area contributed by atoms with Gasteiger partial charge in [0.05, 0.1) is 6.04 Å². The Kier molecular flexibility index (Phi) is 4.51. The first-order chi connectivity index (χ1) is 12.2. The Balaban J connectivity index is 1.83. The van der Waals surface area contributed by atoms with Crippen molar-refractivity contribution in [2.45, 2.75) is 19.9 Å². The normalized spacial score (nSPS) is 16.9. The molecule has 1 aliphatic heterocycles. The van der Waals surface area contributed by atoms with Gasteiger partial charge in [0.2, 0.25) is 0 Å². The summed E-state index contributed by atoms with van der Waals surface area (Å²) in [5.41, 5.74) is 5.43. The van der Waals surface area contributed by atoms with Crippen LogP contribution in [0, 0.1) is 13.8 Å². The second kappa shape index (κ2) is 6.95. The number of hydrogen-bond donors (Lipinski definition) is 1. The van der Waals surface area contributed by atoms with E-state index in [1.54, 1.807) is 0 Å². The van der Waals surface area contributed by atoms with E-state index in [4.69, 9.17) is 0 Å². The highest BCUT2D eigenvalue weighted by Gasteiger charge is 2.24. The van der Waals surface area contributed by atoms with Gasteiger partial charge in [0.15, 0.2) is 0 Å². The van der Waals surface area contributed by atoms with Gasteiger partial charge in [-0.05, 0) is 42.5 Å². The van der Waals surface area contributed by atoms with E-state index in [2.05, 4.69) is 71.5 Å². The van der Waals surface area contributed by atoms with Crippen molar-refractivity contribution in [3.63, 3.8) is 0 Å². The van der Waals surface area contributed by atoms with Crippen LogP contribution in [-0.2, 0) is 0 Å². The first kappa shape index (κ1) is 16.2. The van der Waals surface area contributed by atoms with E-state index in [9.17, 15) is 0 Å². The molecular weight excluding hydrogens is 306 g/mol. The monoisotopic (exact) mass is 331 g/mol. The Hall–Kier alpha value is -2.23. The number of fused-ring (bicyclic) bond motifs is 1. The maximum absolute atomic E-state index is 4.24. The molecule has 3 nitrogen and oxygen atoms in total. The summed E-state index contributed by atoms with van der Waals surface area (Å²) in [6.07, 6.45) is 3.82. The summed E-state index contributed by atoms with van der Waals surface area (Å²) < 4.78 is 0. The zero-order valence-corrected chi connectivity index (χ0v) is 15.0. The Bertz CT molecular complexity index is 861. The summed E-state index contributed by atoms with van der Waals surface area (Å²) in [6.45, 7) is 8.64. The van der Waals surface area contributed by atoms with Crippen LogP contribution in [0.25, 0.3) is 10.8 Å². The molecule has 1 N–H and O–H groups in total. The van der Waals surface area contributed by atoms with Crippen molar-refractivity contribution in [3.8, 4) is 0 Å². The third-order valence-electron chi connectivity index (χ3n) is 5.06. The van der Waals surface area contributed by atoms with Crippen LogP contribution < -0.4 is 5.32 Å². The van der Waals surface area contributed by atoms with Crippen LogP contribution in [0.1, 0.15) is 28.3 Å². The number of hydrogen-bond acceptors (Lipinski definition) is 3. The van der Waals surface area contributed by atoms with Gasteiger partial charge in [0, 0.05) is 44.0 Å². The molecule has 3 heteroatoms. The summed E-state index contributed by atoms with van der Waals surface area (Å²) in [6, 6.07) is 16.2. The summed E-state index contributed by atoms with van der Waals surface area (Å²) >= 11 is 0. The van der Waals surface area contributed by atoms with Gasteiger partial charge in [-0.2, -0.15) is 0 Å². The van der Waals surface area contributed by atoms with E-state index in [1.807, 2.05) is 12.4 Å². The van der Waals surface area contributed by atoms with E-state index in [1.165, 1.54) is 33.0 Å². The smallest absolute Gasteiger partial charge is 0.0603 e. The molecule has 1 aliphatic rings. The van der Waals surface area contributed by atoms with E-state index in [-0.39, 0.29) is 0 Å². The molecule has 0 radical (unpaired) electrons. The number of rotatable bonds is 3. The SMILES string of the molecule is Cc1cc(C)cc(C(c2ccc3cnccc3c2)N2CCNCC2)c1. The molecule has 0 aliphatic carbocycles. The number of aromatic nitrogens is 1. The minimum atomic E-state index is 0.304. The lowest BCUT2D eigenvalue weighted by Crippen LogP contribution is -2.45. The quantitative estimate of drug-likeness (QED) is 0.790. The topological polar surface area (TPSA) is 28.2 Å². The van der Waals surface area contributed by atoms with Gasteiger partial charge in [0.25, 0.3) is 0 Å². The molecule has 1 aromatic heterocycles. The number of pyridine rings is 1. The summed E-state index contributed by atoms with van der Waals surface area (Å²) in [5.74, 6) is 0. The first-order valence-electron chi connectivity index (χ1n) is 9.07. The predicted molar refractivity (Wildman–Crippen MR) is 104 cm³/mol. The van der Waals surface area contributed by atoms with Gasteiger partial charge in [-0.15, -0.1) is 0 Å². The third-order valence-corrected chi connectivity index (χ3v) is 5.06. The number of nitrogens with one attached hydrogen (secondary N) is 1. The van der Waals surface area contributed by atoms with Gasteiger partial charge in [-0.25, -0.2) is 0 Å². The third kappa shape index (κ3) is 3.44. The van der Waals surface area contributed by atoms with Crippen molar-refractivity contribution in [2.75, 3.05) is 26.2 Å². The highest BCUT2D eigenvalue weighted by atomic mass is 15.2. The van der Waals surface area contributed by atoms with Crippen molar-refractivity contribution in [3.05, 3.63) is 77.1 Å². The average Bonchev–Trinajstić information content (AvgIpc) is 2.62. The Morgan fingerprint density at radius 1 is 0.880 bits per heavy atom. The second-order valence-electron chi connectivity index (χ2n) is 7.09. The highest BCUT2D eigenvalue weighted by molar-refractivity contribution is 5.82. The standard InChI is InChI=1S/C22H25N3/c1-16-11-17(2)13-21(12-16)22(25-9-7-23-8-10-25)19-3-4-20-15-24-6-5-18(20)14-19/h3-6,11-15,22-23H,7-10H2,1-2H3. The fraction of sp³-hybridized carbons (Fsp3) is 0.318.